The van der Waals surface area contributed by atoms with Crippen LogP contribution in [-0.4, -0.2) is 34.2 Å². The van der Waals surface area contributed by atoms with Crippen molar-refractivity contribution in [3.8, 4) is 0 Å². The summed E-state index contributed by atoms with van der Waals surface area (Å²) in [7, 11) is 0. The molecule has 6 heteroatoms. The van der Waals surface area contributed by atoms with Crippen LogP contribution in [0.5, 0.6) is 0 Å². The number of ether oxygens (including phenoxy) is 1. The maximum atomic E-state index is 10.8. The van der Waals surface area contributed by atoms with Gasteiger partial charge in [0.05, 0.1) is 6.42 Å². The van der Waals surface area contributed by atoms with Crippen molar-refractivity contribution < 1.29 is 29.3 Å². The fourth-order valence-electron chi connectivity index (χ4n) is 0.477. The topological polar surface area (TPSA) is 101 Å². The molecule has 0 spiro atoms. The number of aliphatic hydroxyl groups excluding tert-OH is 1. The van der Waals surface area contributed by atoms with Crippen LogP contribution in [0.2, 0.25) is 0 Å². The van der Waals surface area contributed by atoms with Crippen LogP contribution in [0.4, 0.5) is 0 Å². The van der Waals surface area contributed by atoms with Gasteiger partial charge in [0.15, 0.2) is 6.10 Å². The molecule has 0 saturated carbocycles. The number of carboxylic acids is 1. The predicted octanol–water partition coefficient (Wildman–Crippen LogP) is -0.532. The van der Waals surface area contributed by atoms with Crippen molar-refractivity contribution >= 4 is 17.9 Å². The molecule has 0 aromatic rings. The Balaban J connectivity index is 4.05. The highest BCUT2D eigenvalue weighted by Gasteiger charge is 2.20. The molecule has 0 aliphatic carbocycles. The molecule has 0 amide bonds. The predicted molar refractivity (Wildman–Crippen MR) is 44.2 cm³/mol. The first-order valence-corrected chi connectivity index (χ1v) is 3.66. The summed E-state index contributed by atoms with van der Waals surface area (Å²) >= 11 is 0. The van der Waals surface area contributed by atoms with Crippen LogP contribution in [0.15, 0.2) is 12.2 Å². The molecular weight excluding hydrogens is 192 g/mol. The van der Waals surface area contributed by atoms with Crippen LogP contribution in [0.25, 0.3) is 0 Å². The second-order valence-electron chi connectivity index (χ2n) is 2.60. The van der Waals surface area contributed by atoms with Gasteiger partial charge in [0.25, 0.3) is 0 Å². The maximum Gasteiger partial charge on any atom is 0.340 e. The van der Waals surface area contributed by atoms with E-state index in [2.05, 4.69) is 11.3 Å². The Hall–Kier alpha value is -1.69. The molecule has 6 nitrogen and oxygen atoms in total. The molecule has 0 saturated heterocycles. The number of carbonyl (C=O) groups is 3. The van der Waals surface area contributed by atoms with E-state index < -0.39 is 30.4 Å². The van der Waals surface area contributed by atoms with Crippen molar-refractivity contribution in [1.29, 1.82) is 0 Å². The molecule has 0 aromatic carbocycles. The van der Waals surface area contributed by atoms with Crippen molar-refractivity contribution in [1.82, 2.24) is 0 Å². The van der Waals surface area contributed by atoms with Crippen LogP contribution in [0.3, 0.4) is 0 Å². The number of aliphatic hydroxyl groups is 1. The van der Waals surface area contributed by atoms with Gasteiger partial charge in [0.2, 0.25) is 0 Å². The summed E-state index contributed by atoms with van der Waals surface area (Å²) in [5, 5.41) is 16.9. The van der Waals surface area contributed by atoms with E-state index in [1.165, 1.54) is 6.92 Å². The van der Waals surface area contributed by atoms with Crippen molar-refractivity contribution in [3.05, 3.63) is 12.2 Å². The van der Waals surface area contributed by atoms with E-state index in [1.807, 2.05) is 0 Å². The number of hydrogen-bond acceptors (Lipinski definition) is 5. The molecule has 0 fully saturated rings. The van der Waals surface area contributed by atoms with Crippen molar-refractivity contribution in [2.24, 2.45) is 0 Å². The van der Waals surface area contributed by atoms with E-state index in [1.54, 1.807) is 0 Å². The number of carbonyl (C=O) groups excluding carboxylic acids is 2. The fraction of sp³-hybridized carbons (Fsp3) is 0.375. The van der Waals surface area contributed by atoms with E-state index in [0.29, 0.717) is 0 Å². The smallest absolute Gasteiger partial charge is 0.340 e. The summed E-state index contributed by atoms with van der Waals surface area (Å²) < 4.78 is 4.13. The van der Waals surface area contributed by atoms with E-state index in [4.69, 9.17) is 10.2 Å². The number of hydrogen-bond donors (Lipinski definition) is 2. The minimum atomic E-state index is -1.86. The molecule has 78 valence electrons. The molecule has 14 heavy (non-hydrogen) atoms. The number of aliphatic carboxylic acids is 1. The SMILES string of the molecule is C=C(C)C(=O)OC(=O)CC(O)C(=O)O. The van der Waals surface area contributed by atoms with Crippen LogP contribution < -0.4 is 0 Å². The Labute approximate surface area is 79.8 Å². The molecular formula is C8H10O6. The molecule has 1 atom stereocenters. The van der Waals surface area contributed by atoms with E-state index in [9.17, 15) is 14.4 Å². The lowest BCUT2D eigenvalue weighted by Crippen LogP contribution is -2.25. The molecule has 1 unspecified atom stereocenters. The molecule has 0 radical (unpaired) electrons. The first-order chi connectivity index (χ1) is 6.34. The van der Waals surface area contributed by atoms with Gasteiger partial charge in [-0.25, -0.2) is 9.59 Å². The summed E-state index contributed by atoms with van der Waals surface area (Å²) in [6.45, 7) is 4.55. The largest absolute Gasteiger partial charge is 0.479 e. The van der Waals surface area contributed by atoms with Crippen molar-refractivity contribution in [3.63, 3.8) is 0 Å². The Kier molecular flexibility index (Phi) is 4.51. The summed E-state index contributed by atoms with van der Waals surface area (Å²) in [4.78, 5) is 31.6. The average molecular weight is 202 g/mol. The molecule has 0 aliphatic heterocycles. The third kappa shape index (κ3) is 4.36. The minimum absolute atomic E-state index is 0.0168. The zero-order valence-electron chi connectivity index (χ0n) is 7.52. The quantitative estimate of drug-likeness (QED) is 0.361. The zero-order valence-corrected chi connectivity index (χ0v) is 7.52. The standard InChI is InChI=1S/C8H10O6/c1-4(2)8(13)14-6(10)3-5(9)7(11)12/h5,9H,1,3H2,2H3,(H,11,12). The van der Waals surface area contributed by atoms with Gasteiger partial charge in [-0.3, -0.25) is 4.79 Å². The number of esters is 2. The number of carboxylic acid groups (broad SMARTS) is 1. The summed E-state index contributed by atoms with van der Waals surface area (Å²) in [5.74, 6) is -3.59. The van der Waals surface area contributed by atoms with Gasteiger partial charge in [-0.1, -0.05) is 6.58 Å². The van der Waals surface area contributed by atoms with Gasteiger partial charge < -0.3 is 14.9 Å². The Bertz CT molecular complexity index is 280. The van der Waals surface area contributed by atoms with Crippen molar-refractivity contribution in [2.45, 2.75) is 19.4 Å². The van der Waals surface area contributed by atoms with Crippen LogP contribution in [0.1, 0.15) is 13.3 Å². The highest BCUT2D eigenvalue weighted by molar-refractivity contribution is 5.96. The first-order valence-electron chi connectivity index (χ1n) is 3.66. The second-order valence-corrected chi connectivity index (χ2v) is 2.60. The zero-order chi connectivity index (χ0) is 11.3. The molecule has 0 bridgehead atoms. The van der Waals surface area contributed by atoms with Crippen molar-refractivity contribution in [2.75, 3.05) is 0 Å². The monoisotopic (exact) mass is 202 g/mol. The van der Waals surface area contributed by atoms with Gasteiger partial charge in [-0.2, -0.15) is 0 Å². The average Bonchev–Trinajstić information content (AvgIpc) is 2.03. The molecule has 0 aliphatic rings. The second kappa shape index (κ2) is 5.13. The summed E-state index contributed by atoms with van der Waals surface area (Å²) in [6.07, 6.45) is -2.63. The van der Waals surface area contributed by atoms with Gasteiger partial charge in [0, 0.05) is 5.57 Å². The Morgan fingerprint density at radius 2 is 1.93 bits per heavy atom. The number of rotatable bonds is 4. The highest BCUT2D eigenvalue weighted by atomic mass is 16.6. The van der Waals surface area contributed by atoms with Gasteiger partial charge >= 0.3 is 17.9 Å². The molecule has 0 aromatic heterocycles. The van der Waals surface area contributed by atoms with Crippen LogP contribution >= 0.6 is 0 Å². The molecule has 0 rings (SSSR count). The van der Waals surface area contributed by atoms with E-state index in [-0.39, 0.29) is 5.57 Å². The lowest BCUT2D eigenvalue weighted by Gasteiger charge is -2.04. The molecule has 2 N–H and O–H groups in total. The Morgan fingerprint density at radius 1 is 1.43 bits per heavy atom. The van der Waals surface area contributed by atoms with Gasteiger partial charge in [-0.15, -0.1) is 0 Å². The Morgan fingerprint density at radius 3 is 2.29 bits per heavy atom. The maximum absolute atomic E-state index is 10.8. The first kappa shape index (κ1) is 12.3. The van der Waals surface area contributed by atoms with Crippen LogP contribution in [-0.2, 0) is 19.1 Å². The van der Waals surface area contributed by atoms with E-state index in [0.717, 1.165) is 0 Å². The summed E-state index contributed by atoms with van der Waals surface area (Å²) in [5.41, 5.74) is 0.0168. The van der Waals surface area contributed by atoms with E-state index >= 15 is 0 Å². The fourth-order valence-corrected chi connectivity index (χ4v) is 0.477. The van der Waals surface area contributed by atoms with Gasteiger partial charge in [-0.05, 0) is 6.92 Å². The third-order valence-electron chi connectivity index (χ3n) is 1.20. The minimum Gasteiger partial charge on any atom is -0.479 e. The lowest BCUT2D eigenvalue weighted by atomic mass is 10.2. The highest BCUT2D eigenvalue weighted by Crippen LogP contribution is 1.98. The van der Waals surface area contributed by atoms with Crippen LogP contribution in [0, 0.1) is 0 Å². The summed E-state index contributed by atoms with van der Waals surface area (Å²) in [6, 6.07) is 0. The van der Waals surface area contributed by atoms with Gasteiger partial charge in [0.1, 0.15) is 0 Å². The molecule has 0 heterocycles. The normalized spacial score (nSPS) is 11.6. The third-order valence-corrected chi connectivity index (χ3v) is 1.20. The lowest BCUT2D eigenvalue weighted by molar-refractivity contribution is -0.162.